The van der Waals surface area contributed by atoms with E-state index < -0.39 is 12.2 Å². The standard InChI is InChI=1S/C17H23FN2O3/c18-13-5-4-6-14(9-13)23-16-11-19(10-15(16)21)12-17(22)20-7-2-1-3-8-20/h4-6,9,15-16,21H,1-3,7-8,10-12H2/t15-,16-/m1/s1. The summed E-state index contributed by atoms with van der Waals surface area (Å²) < 4.78 is 18.9. The zero-order valence-corrected chi connectivity index (χ0v) is 13.2. The normalized spacial score (nSPS) is 25.6. The van der Waals surface area contributed by atoms with Crippen LogP contribution in [0.15, 0.2) is 24.3 Å². The number of halogens is 1. The molecule has 1 aromatic rings. The van der Waals surface area contributed by atoms with Crippen molar-refractivity contribution in [3.8, 4) is 5.75 Å². The van der Waals surface area contributed by atoms with Crippen molar-refractivity contribution in [1.29, 1.82) is 0 Å². The monoisotopic (exact) mass is 322 g/mol. The molecule has 23 heavy (non-hydrogen) atoms. The first-order valence-electron chi connectivity index (χ1n) is 8.22. The summed E-state index contributed by atoms with van der Waals surface area (Å²) in [5.41, 5.74) is 0. The molecule has 6 heteroatoms. The average molecular weight is 322 g/mol. The number of carbonyl (C=O) groups excluding carboxylic acids is 1. The highest BCUT2D eigenvalue weighted by atomic mass is 19.1. The van der Waals surface area contributed by atoms with Crippen LogP contribution in [-0.2, 0) is 4.79 Å². The van der Waals surface area contributed by atoms with Crippen molar-refractivity contribution >= 4 is 5.91 Å². The molecule has 0 aromatic heterocycles. The zero-order valence-electron chi connectivity index (χ0n) is 13.2. The van der Waals surface area contributed by atoms with Crippen LogP contribution in [0, 0.1) is 5.82 Å². The maximum atomic E-state index is 13.2. The van der Waals surface area contributed by atoms with Crippen LogP contribution in [-0.4, -0.2) is 65.7 Å². The predicted molar refractivity (Wildman–Crippen MR) is 83.7 cm³/mol. The van der Waals surface area contributed by atoms with E-state index in [9.17, 15) is 14.3 Å². The summed E-state index contributed by atoms with van der Waals surface area (Å²) >= 11 is 0. The minimum atomic E-state index is -0.674. The van der Waals surface area contributed by atoms with E-state index in [-0.39, 0.29) is 11.7 Å². The molecule has 5 nitrogen and oxygen atoms in total. The molecular formula is C17H23FN2O3. The van der Waals surface area contributed by atoms with Gasteiger partial charge in [-0.05, 0) is 31.4 Å². The molecule has 3 rings (SSSR count). The van der Waals surface area contributed by atoms with Crippen LogP contribution in [0.5, 0.6) is 5.75 Å². The number of β-amino-alcohol motifs (C(OH)–C–C–N with tert-alkyl or cyclic N) is 1. The Balaban J connectivity index is 1.52. The quantitative estimate of drug-likeness (QED) is 0.907. The Hall–Kier alpha value is -1.66. The smallest absolute Gasteiger partial charge is 0.236 e. The van der Waals surface area contributed by atoms with Gasteiger partial charge in [-0.25, -0.2) is 4.39 Å². The minimum absolute atomic E-state index is 0.114. The summed E-state index contributed by atoms with van der Waals surface area (Å²) in [6.45, 7) is 2.84. The van der Waals surface area contributed by atoms with Crippen molar-refractivity contribution in [3.05, 3.63) is 30.1 Å². The number of likely N-dealkylation sites (tertiary alicyclic amines) is 2. The van der Waals surface area contributed by atoms with E-state index in [1.54, 1.807) is 12.1 Å². The van der Waals surface area contributed by atoms with E-state index in [0.717, 1.165) is 25.9 Å². The van der Waals surface area contributed by atoms with Crippen LogP contribution in [0.25, 0.3) is 0 Å². The number of carbonyl (C=O) groups is 1. The zero-order chi connectivity index (χ0) is 16.2. The van der Waals surface area contributed by atoms with Gasteiger partial charge in [0.25, 0.3) is 0 Å². The van der Waals surface area contributed by atoms with Crippen LogP contribution < -0.4 is 4.74 Å². The molecule has 2 aliphatic heterocycles. The van der Waals surface area contributed by atoms with Gasteiger partial charge in [0.1, 0.15) is 23.8 Å². The third-order valence-electron chi connectivity index (χ3n) is 4.46. The maximum Gasteiger partial charge on any atom is 0.236 e. The topological polar surface area (TPSA) is 53.0 Å². The largest absolute Gasteiger partial charge is 0.486 e. The summed E-state index contributed by atoms with van der Waals surface area (Å²) in [6.07, 6.45) is 2.22. The van der Waals surface area contributed by atoms with Gasteiger partial charge in [-0.2, -0.15) is 0 Å². The second-order valence-electron chi connectivity index (χ2n) is 6.32. The number of piperidine rings is 1. The fourth-order valence-corrected chi connectivity index (χ4v) is 3.23. The van der Waals surface area contributed by atoms with Gasteiger partial charge in [0.2, 0.25) is 5.91 Å². The molecule has 1 N–H and O–H groups in total. The lowest BCUT2D eigenvalue weighted by Gasteiger charge is -2.28. The van der Waals surface area contributed by atoms with Crippen LogP contribution in [0.3, 0.4) is 0 Å². The summed E-state index contributed by atoms with van der Waals surface area (Å²) in [5.74, 6) is 0.147. The van der Waals surface area contributed by atoms with E-state index in [1.807, 2.05) is 9.80 Å². The van der Waals surface area contributed by atoms with Gasteiger partial charge in [-0.3, -0.25) is 9.69 Å². The van der Waals surface area contributed by atoms with Gasteiger partial charge in [0, 0.05) is 32.2 Å². The van der Waals surface area contributed by atoms with Gasteiger partial charge in [0.15, 0.2) is 0 Å². The fourth-order valence-electron chi connectivity index (χ4n) is 3.23. The van der Waals surface area contributed by atoms with Gasteiger partial charge < -0.3 is 14.7 Å². The number of hydrogen-bond acceptors (Lipinski definition) is 4. The average Bonchev–Trinajstić information content (AvgIpc) is 2.87. The molecule has 2 atom stereocenters. The highest BCUT2D eigenvalue weighted by molar-refractivity contribution is 5.78. The van der Waals surface area contributed by atoms with Crippen molar-refractivity contribution in [2.45, 2.75) is 31.5 Å². The minimum Gasteiger partial charge on any atom is -0.486 e. The number of amides is 1. The first-order chi connectivity index (χ1) is 11.1. The lowest BCUT2D eigenvalue weighted by atomic mass is 10.1. The molecule has 2 saturated heterocycles. The molecule has 2 aliphatic rings. The summed E-state index contributed by atoms with van der Waals surface area (Å²) in [7, 11) is 0. The van der Waals surface area contributed by atoms with Crippen molar-refractivity contribution in [1.82, 2.24) is 9.80 Å². The molecule has 0 unspecified atom stereocenters. The summed E-state index contributed by atoms with van der Waals surface area (Å²) in [4.78, 5) is 16.1. The second kappa shape index (κ2) is 7.27. The molecule has 0 saturated carbocycles. The van der Waals surface area contributed by atoms with Gasteiger partial charge in [0.05, 0.1) is 6.54 Å². The molecule has 2 fully saturated rings. The number of ether oxygens (including phenoxy) is 1. The van der Waals surface area contributed by atoms with E-state index >= 15 is 0 Å². The number of nitrogens with zero attached hydrogens (tertiary/aromatic N) is 2. The molecule has 1 amide bonds. The van der Waals surface area contributed by atoms with E-state index in [1.165, 1.54) is 18.6 Å². The first kappa shape index (κ1) is 16.2. The Morgan fingerprint density at radius 1 is 1.26 bits per heavy atom. The fraction of sp³-hybridized carbons (Fsp3) is 0.588. The second-order valence-corrected chi connectivity index (χ2v) is 6.32. The van der Waals surface area contributed by atoms with Crippen LogP contribution in [0.1, 0.15) is 19.3 Å². The Bertz CT molecular complexity index is 548. The van der Waals surface area contributed by atoms with E-state index in [2.05, 4.69) is 0 Å². The Morgan fingerprint density at radius 2 is 2.04 bits per heavy atom. The first-order valence-corrected chi connectivity index (χ1v) is 8.22. The Morgan fingerprint density at radius 3 is 2.78 bits per heavy atom. The van der Waals surface area contributed by atoms with Gasteiger partial charge in [-0.1, -0.05) is 6.07 Å². The number of hydrogen-bond donors (Lipinski definition) is 1. The maximum absolute atomic E-state index is 13.2. The molecule has 0 radical (unpaired) electrons. The van der Waals surface area contributed by atoms with Crippen molar-refractivity contribution in [2.24, 2.45) is 0 Å². The predicted octanol–water partition coefficient (Wildman–Crippen LogP) is 1.26. The number of aliphatic hydroxyl groups is 1. The molecule has 126 valence electrons. The van der Waals surface area contributed by atoms with Crippen LogP contribution in [0.4, 0.5) is 4.39 Å². The van der Waals surface area contributed by atoms with Crippen molar-refractivity contribution < 1.29 is 19.0 Å². The highest BCUT2D eigenvalue weighted by Gasteiger charge is 2.34. The molecule has 0 spiro atoms. The lowest BCUT2D eigenvalue weighted by molar-refractivity contribution is -0.133. The third kappa shape index (κ3) is 4.20. The number of benzene rings is 1. The van der Waals surface area contributed by atoms with Crippen molar-refractivity contribution in [3.63, 3.8) is 0 Å². The summed E-state index contributed by atoms with van der Waals surface area (Å²) in [6, 6.07) is 5.89. The van der Waals surface area contributed by atoms with E-state index in [4.69, 9.17) is 4.74 Å². The SMILES string of the molecule is O=C(CN1C[C@@H](O)[C@H](Oc2cccc(F)c2)C1)N1CCCCC1. The number of aliphatic hydroxyl groups excluding tert-OH is 1. The Kier molecular flexibility index (Phi) is 5.13. The molecule has 0 bridgehead atoms. The molecule has 2 heterocycles. The number of rotatable bonds is 4. The lowest BCUT2D eigenvalue weighted by Crippen LogP contribution is -2.42. The van der Waals surface area contributed by atoms with Gasteiger partial charge >= 0.3 is 0 Å². The Labute approximate surface area is 135 Å². The van der Waals surface area contributed by atoms with E-state index in [0.29, 0.717) is 25.4 Å². The van der Waals surface area contributed by atoms with Crippen LogP contribution in [0.2, 0.25) is 0 Å². The van der Waals surface area contributed by atoms with Crippen molar-refractivity contribution in [2.75, 3.05) is 32.7 Å². The molecule has 0 aliphatic carbocycles. The van der Waals surface area contributed by atoms with Gasteiger partial charge in [-0.15, -0.1) is 0 Å². The molecular weight excluding hydrogens is 299 g/mol. The summed E-state index contributed by atoms with van der Waals surface area (Å²) in [5, 5.41) is 10.1. The van der Waals surface area contributed by atoms with Crippen LogP contribution >= 0.6 is 0 Å². The molecule has 1 aromatic carbocycles. The highest BCUT2D eigenvalue weighted by Crippen LogP contribution is 2.20. The third-order valence-corrected chi connectivity index (χ3v) is 4.46.